The fourth-order valence-electron chi connectivity index (χ4n) is 2.22. The van der Waals surface area contributed by atoms with Crippen molar-refractivity contribution in [2.24, 2.45) is 5.73 Å². The van der Waals surface area contributed by atoms with Crippen molar-refractivity contribution in [3.05, 3.63) is 35.4 Å². The van der Waals surface area contributed by atoms with Crippen LogP contribution in [0.1, 0.15) is 24.1 Å². The van der Waals surface area contributed by atoms with E-state index in [4.69, 9.17) is 10.5 Å². The van der Waals surface area contributed by atoms with Crippen LogP contribution in [0, 0.1) is 0 Å². The molecule has 0 heterocycles. The smallest absolute Gasteiger partial charge is 0.246 e. The molecule has 2 atom stereocenters. The van der Waals surface area contributed by atoms with E-state index >= 15 is 0 Å². The van der Waals surface area contributed by atoms with Crippen LogP contribution in [0.5, 0.6) is 0 Å². The highest BCUT2D eigenvalue weighted by Gasteiger charge is 2.30. The van der Waals surface area contributed by atoms with Gasteiger partial charge in [0.2, 0.25) is 5.91 Å². The summed E-state index contributed by atoms with van der Waals surface area (Å²) in [5, 5.41) is 2.93. The van der Waals surface area contributed by atoms with Crippen LogP contribution in [0.2, 0.25) is 0 Å². The molecular weight excluding hydrogens is 216 g/mol. The molecule has 17 heavy (non-hydrogen) atoms. The van der Waals surface area contributed by atoms with Crippen LogP contribution in [0.25, 0.3) is 0 Å². The topological polar surface area (TPSA) is 64.3 Å². The summed E-state index contributed by atoms with van der Waals surface area (Å²) in [6, 6.07) is 7.92. The molecule has 0 bridgehead atoms. The number of amides is 1. The number of benzene rings is 1. The van der Waals surface area contributed by atoms with Gasteiger partial charge in [-0.2, -0.15) is 0 Å². The first-order chi connectivity index (χ1) is 8.22. The van der Waals surface area contributed by atoms with E-state index in [0.29, 0.717) is 6.61 Å². The highest BCUT2D eigenvalue weighted by atomic mass is 16.5. The Morgan fingerprint density at radius 1 is 1.53 bits per heavy atom. The zero-order valence-corrected chi connectivity index (χ0v) is 9.98. The number of rotatable bonds is 4. The summed E-state index contributed by atoms with van der Waals surface area (Å²) in [5.74, 6) is -0.107. The second-order valence-electron chi connectivity index (χ2n) is 4.25. The Balaban J connectivity index is 2.04. The van der Waals surface area contributed by atoms with Crippen molar-refractivity contribution >= 4 is 5.91 Å². The van der Waals surface area contributed by atoms with Crippen molar-refractivity contribution in [1.29, 1.82) is 0 Å². The number of carbonyl (C=O) groups excluding carboxylic acids is 1. The van der Waals surface area contributed by atoms with Gasteiger partial charge in [-0.3, -0.25) is 4.79 Å². The Morgan fingerprint density at radius 3 is 3.06 bits per heavy atom. The Labute approximate surface area is 101 Å². The zero-order chi connectivity index (χ0) is 12.3. The van der Waals surface area contributed by atoms with Crippen molar-refractivity contribution in [1.82, 2.24) is 5.32 Å². The maximum Gasteiger partial charge on any atom is 0.246 e. The number of hydrogen-bond donors (Lipinski definition) is 2. The normalized spacial score (nSPS) is 22.2. The number of nitrogens with two attached hydrogens (primary N) is 1. The Bertz CT molecular complexity index is 406. The second kappa shape index (κ2) is 5.29. The van der Waals surface area contributed by atoms with E-state index in [0.717, 1.165) is 12.0 Å². The summed E-state index contributed by atoms with van der Waals surface area (Å²) < 4.78 is 5.08. The van der Waals surface area contributed by atoms with Crippen LogP contribution in [0.3, 0.4) is 0 Å². The minimum atomic E-state index is -0.107. The van der Waals surface area contributed by atoms with Crippen LogP contribution in [0.4, 0.5) is 0 Å². The lowest BCUT2D eigenvalue weighted by atomic mass is 10.1. The van der Waals surface area contributed by atoms with Crippen molar-refractivity contribution < 1.29 is 9.53 Å². The first-order valence-electron chi connectivity index (χ1n) is 5.93. The van der Waals surface area contributed by atoms with Crippen molar-refractivity contribution in [2.75, 3.05) is 13.2 Å². The molecule has 1 aromatic rings. The van der Waals surface area contributed by atoms with Crippen molar-refractivity contribution in [2.45, 2.75) is 25.4 Å². The van der Waals surface area contributed by atoms with E-state index in [-0.39, 0.29) is 24.6 Å². The summed E-state index contributed by atoms with van der Waals surface area (Å²) in [4.78, 5) is 11.6. The number of carbonyl (C=O) groups is 1. The lowest BCUT2D eigenvalue weighted by Gasteiger charge is -2.18. The molecule has 0 saturated heterocycles. The first-order valence-corrected chi connectivity index (χ1v) is 5.93. The van der Waals surface area contributed by atoms with Gasteiger partial charge in [0.15, 0.2) is 0 Å². The summed E-state index contributed by atoms with van der Waals surface area (Å²) >= 11 is 0. The van der Waals surface area contributed by atoms with E-state index in [1.54, 1.807) is 0 Å². The Kier molecular flexibility index (Phi) is 3.76. The summed E-state index contributed by atoms with van der Waals surface area (Å²) in [6.45, 7) is 2.51. The largest absolute Gasteiger partial charge is 0.372 e. The molecule has 1 aliphatic carbocycles. The third-order valence-electron chi connectivity index (χ3n) is 3.03. The molecule has 0 aromatic heterocycles. The summed E-state index contributed by atoms with van der Waals surface area (Å²) in [5.41, 5.74) is 8.40. The fraction of sp³-hybridized carbons (Fsp3) is 0.462. The highest BCUT2D eigenvalue weighted by molar-refractivity contribution is 5.78. The Hall–Kier alpha value is -1.39. The van der Waals surface area contributed by atoms with Gasteiger partial charge < -0.3 is 15.8 Å². The number of hydrogen-bond acceptors (Lipinski definition) is 3. The van der Waals surface area contributed by atoms with E-state index in [1.807, 2.05) is 25.1 Å². The van der Waals surface area contributed by atoms with Gasteiger partial charge >= 0.3 is 0 Å². The summed E-state index contributed by atoms with van der Waals surface area (Å²) in [7, 11) is 0. The molecule has 0 radical (unpaired) electrons. The average Bonchev–Trinajstić information content (AvgIpc) is 2.64. The van der Waals surface area contributed by atoms with Gasteiger partial charge in [-0.25, -0.2) is 0 Å². The standard InChI is InChI=1S/C13H18N2O2/c1-2-17-8-12(16)15-13-10-6-4-3-5-9(10)7-11(13)14/h3-6,11,13H,2,7-8,14H2,1H3,(H,15,16). The number of ether oxygens (including phenoxy) is 1. The molecule has 1 aromatic carbocycles. The molecule has 1 amide bonds. The fourth-order valence-corrected chi connectivity index (χ4v) is 2.22. The predicted octanol–water partition coefficient (Wildman–Crippen LogP) is 0.764. The lowest BCUT2D eigenvalue weighted by Crippen LogP contribution is -2.40. The van der Waals surface area contributed by atoms with Crippen LogP contribution in [0.15, 0.2) is 24.3 Å². The van der Waals surface area contributed by atoms with E-state index in [9.17, 15) is 4.79 Å². The molecule has 2 rings (SSSR count). The molecule has 4 nitrogen and oxygen atoms in total. The molecule has 3 N–H and O–H groups in total. The number of fused-ring (bicyclic) bond motifs is 1. The third kappa shape index (κ3) is 2.65. The minimum absolute atomic E-state index is 0.0435. The SMILES string of the molecule is CCOCC(=O)NC1c2ccccc2CC1N. The zero-order valence-electron chi connectivity index (χ0n) is 9.98. The quantitative estimate of drug-likeness (QED) is 0.808. The molecule has 0 aliphatic heterocycles. The average molecular weight is 234 g/mol. The monoisotopic (exact) mass is 234 g/mol. The molecule has 0 saturated carbocycles. The van der Waals surface area contributed by atoms with Crippen LogP contribution in [-0.4, -0.2) is 25.2 Å². The van der Waals surface area contributed by atoms with Gasteiger partial charge in [0.1, 0.15) is 6.61 Å². The first kappa shape index (κ1) is 12.1. The highest BCUT2D eigenvalue weighted by Crippen LogP contribution is 2.29. The lowest BCUT2D eigenvalue weighted by molar-refractivity contribution is -0.126. The molecule has 92 valence electrons. The predicted molar refractivity (Wildman–Crippen MR) is 65.5 cm³/mol. The van der Waals surface area contributed by atoms with Gasteiger partial charge in [0, 0.05) is 12.6 Å². The molecule has 0 spiro atoms. The van der Waals surface area contributed by atoms with E-state index < -0.39 is 0 Å². The van der Waals surface area contributed by atoms with Crippen molar-refractivity contribution in [3.8, 4) is 0 Å². The van der Waals surface area contributed by atoms with Crippen molar-refractivity contribution in [3.63, 3.8) is 0 Å². The third-order valence-corrected chi connectivity index (χ3v) is 3.03. The van der Waals surface area contributed by atoms with Gasteiger partial charge in [-0.1, -0.05) is 24.3 Å². The van der Waals surface area contributed by atoms with Crippen LogP contribution < -0.4 is 11.1 Å². The molecular formula is C13H18N2O2. The van der Waals surface area contributed by atoms with Gasteiger partial charge in [-0.05, 0) is 24.5 Å². The molecule has 0 fully saturated rings. The van der Waals surface area contributed by atoms with Gasteiger partial charge in [0.05, 0.1) is 6.04 Å². The van der Waals surface area contributed by atoms with Gasteiger partial charge in [-0.15, -0.1) is 0 Å². The minimum Gasteiger partial charge on any atom is -0.372 e. The van der Waals surface area contributed by atoms with Gasteiger partial charge in [0.25, 0.3) is 0 Å². The molecule has 2 unspecified atom stereocenters. The van der Waals surface area contributed by atoms with E-state index in [1.165, 1.54) is 5.56 Å². The Morgan fingerprint density at radius 2 is 2.29 bits per heavy atom. The summed E-state index contributed by atoms with van der Waals surface area (Å²) in [6.07, 6.45) is 0.815. The van der Waals surface area contributed by atoms with Crippen LogP contribution in [-0.2, 0) is 16.0 Å². The van der Waals surface area contributed by atoms with Crippen LogP contribution >= 0.6 is 0 Å². The maximum absolute atomic E-state index is 11.6. The maximum atomic E-state index is 11.6. The number of nitrogens with one attached hydrogen (secondary N) is 1. The second-order valence-corrected chi connectivity index (χ2v) is 4.25. The van der Waals surface area contributed by atoms with E-state index in [2.05, 4.69) is 11.4 Å². The molecule has 4 heteroatoms. The molecule has 1 aliphatic rings.